The predicted molar refractivity (Wildman–Crippen MR) is 105 cm³/mol. The number of rotatable bonds is 8. The van der Waals surface area contributed by atoms with Crippen molar-refractivity contribution in [3.63, 3.8) is 0 Å². The Morgan fingerprint density at radius 3 is 2.74 bits per heavy atom. The maximum absolute atomic E-state index is 14.3. The Morgan fingerprint density at radius 2 is 2.06 bits per heavy atom. The van der Waals surface area contributed by atoms with Crippen LogP contribution in [-0.4, -0.2) is 43.8 Å². The minimum atomic E-state index is -4.65. The Kier molecular flexibility index (Phi) is 7.45. The molecule has 0 aliphatic carbocycles. The molecule has 1 aliphatic heterocycles. The quantitative estimate of drug-likeness (QED) is 0.486. The molecule has 0 spiro atoms. The lowest BCUT2D eigenvalue weighted by Gasteiger charge is -2.15. The van der Waals surface area contributed by atoms with Gasteiger partial charge in [0.05, 0.1) is 12.6 Å². The van der Waals surface area contributed by atoms with Crippen LogP contribution in [0.5, 0.6) is 5.88 Å². The van der Waals surface area contributed by atoms with Gasteiger partial charge in [0.1, 0.15) is 18.1 Å². The highest BCUT2D eigenvalue weighted by Gasteiger charge is 2.33. The van der Waals surface area contributed by atoms with Crippen LogP contribution in [0.2, 0.25) is 0 Å². The minimum Gasteiger partial charge on any atom is -0.475 e. The summed E-state index contributed by atoms with van der Waals surface area (Å²) in [6.45, 7) is 0.974. The molecule has 168 valence electrons. The van der Waals surface area contributed by atoms with Gasteiger partial charge in [-0.25, -0.2) is 9.37 Å². The summed E-state index contributed by atoms with van der Waals surface area (Å²) in [7, 11) is 1.43. The lowest BCUT2D eigenvalue weighted by molar-refractivity contribution is -0.141. The predicted octanol–water partition coefficient (Wildman–Crippen LogP) is 3.30. The molecule has 1 saturated heterocycles. The van der Waals surface area contributed by atoms with Crippen molar-refractivity contribution in [2.24, 2.45) is 0 Å². The fraction of sp³-hybridized carbons (Fsp3) is 0.429. The van der Waals surface area contributed by atoms with E-state index in [0.29, 0.717) is 5.56 Å². The summed E-state index contributed by atoms with van der Waals surface area (Å²) < 4.78 is 63.7. The molecule has 2 heterocycles. The fourth-order valence-electron chi connectivity index (χ4n) is 3.28. The lowest BCUT2D eigenvalue weighted by Crippen LogP contribution is -2.40. The zero-order valence-corrected chi connectivity index (χ0v) is 16.9. The molecule has 0 bridgehead atoms. The summed E-state index contributed by atoms with van der Waals surface area (Å²) >= 11 is 0. The second kappa shape index (κ2) is 10.1. The first-order valence-corrected chi connectivity index (χ1v) is 9.79. The third kappa shape index (κ3) is 6.14. The molecule has 0 radical (unpaired) electrons. The number of hydrogen-bond donors (Lipinski definition) is 2. The monoisotopic (exact) mass is 441 g/mol. The zero-order chi connectivity index (χ0) is 22.4. The molecule has 10 heteroatoms. The first kappa shape index (κ1) is 23.0. The number of ether oxygens (including phenoxy) is 2. The van der Waals surface area contributed by atoms with Crippen LogP contribution < -0.4 is 15.4 Å². The van der Waals surface area contributed by atoms with Gasteiger partial charge in [-0.15, -0.1) is 0 Å². The molecule has 2 aromatic rings. The third-order valence-electron chi connectivity index (χ3n) is 4.79. The molecule has 1 amide bonds. The van der Waals surface area contributed by atoms with E-state index in [0.717, 1.165) is 25.5 Å². The van der Waals surface area contributed by atoms with Gasteiger partial charge in [-0.1, -0.05) is 0 Å². The number of alkyl halides is 3. The van der Waals surface area contributed by atoms with Crippen molar-refractivity contribution in [3.05, 3.63) is 47.4 Å². The number of nitrogens with one attached hydrogen (secondary N) is 2. The van der Waals surface area contributed by atoms with Crippen molar-refractivity contribution in [2.75, 3.05) is 26.9 Å². The molecule has 1 aliphatic rings. The van der Waals surface area contributed by atoms with Crippen LogP contribution in [0.15, 0.2) is 30.3 Å². The average Bonchev–Trinajstić information content (AvgIpc) is 3.26. The van der Waals surface area contributed by atoms with E-state index >= 15 is 0 Å². The number of carbonyl (C=O) groups excluding carboxylic acids is 1. The molecule has 1 aromatic carbocycles. The molecule has 1 atom stereocenters. The number of carbonyl (C=O) groups is 1. The zero-order valence-electron chi connectivity index (χ0n) is 16.9. The Bertz CT molecular complexity index is 915. The number of amides is 1. The van der Waals surface area contributed by atoms with E-state index in [9.17, 15) is 22.4 Å². The largest absolute Gasteiger partial charge is 0.475 e. The highest BCUT2D eigenvalue weighted by atomic mass is 19.4. The van der Waals surface area contributed by atoms with Crippen molar-refractivity contribution in [1.29, 1.82) is 0 Å². The number of hydrogen-bond acceptors (Lipinski definition) is 5. The number of methoxy groups -OCH3 is 1. The van der Waals surface area contributed by atoms with Crippen LogP contribution in [-0.2, 0) is 22.3 Å². The summed E-state index contributed by atoms with van der Waals surface area (Å²) in [5, 5.41) is 5.83. The fourth-order valence-corrected chi connectivity index (χ4v) is 3.28. The van der Waals surface area contributed by atoms with Gasteiger partial charge in [0, 0.05) is 19.2 Å². The van der Waals surface area contributed by atoms with Crippen LogP contribution in [0.3, 0.4) is 0 Å². The molecule has 2 N–H and O–H groups in total. The van der Waals surface area contributed by atoms with Crippen molar-refractivity contribution in [1.82, 2.24) is 15.6 Å². The first-order chi connectivity index (χ1) is 14.8. The van der Waals surface area contributed by atoms with Gasteiger partial charge in [0.2, 0.25) is 11.8 Å². The lowest BCUT2D eigenvalue weighted by atomic mass is 10.0. The topological polar surface area (TPSA) is 72.5 Å². The van der Waals surface area contributed by atoms with E-state index in [1.54, 1.807) is 6.07 Å². The molecule has 1 unspecified atom stereocenters. The van der Waals surface area contributed by atoms with Gasteiger partial charge in [0.15, 0.2) is 0 Å². The Labute approximate surface area is 177 Å². The van der Waals surface area contributed by atoms with Gasteiger partial charge >= 0.3 is 6.18 Å². The number of aromatic nitrogens is 1. The Hall–Kier alpha value is -2.72. The van der Waals surface area contributed by atoms with Crippen LogP contribution in [0, 0.1) is 5.82 Å². The number of halogens is 4. The first-order valence-electron chi connectivity index (χ1n) is 9.79. The average molecular weight is 441 g/mol. The van der Waals surface area contributed by atoms with Crippen molar-refractivity contribution in [3.8, 4) is 17.0 Å². The molecular weight excluding hydrogens is 418 g/mol. The normalized spacial score (nSPS) is 16.4. The molecule has 1 aromatic heterocycles. The van der Waals surface area contributed by atoms with E-state index < -0.39 is 17.7 Å². The second-order valence-corrected chi connectivity index (χ2v) is 7.10. The maximum Gasteiger partial charge on any atom is 0.433 e. The van der Waals surface area contributed by atoms with E-state index in [2.05, 4.69) is 15.6 Å². The van der Waals surface area contributed by atoms with E-state index in [-0.39, 0.29) is 48.7 Å². The summed E-state index contributed by atoms with van der Waals surface area (Å²) in [5.41, 5.74) is -0.161. The second-order valence-electron chi connectivity index (χ2n) is 7.10. The van der Waals surface area contributed by atoms with Gasteiger partial charge in [-0.3, -0.25) is 4.79 Å². The van der Waals surface area contributed by atoms with Crippen LogP contribution >= 0.6 is 0 Å². The SMILES string of the molecule is COCCOc1nc(C(F)(F)F)ccc1-c1cc(F)cc(CNC(=O)C2CCCN2)c1. The van der Waals surface area contributed by atoms with Crippen molar-refractivity contribution in [2.45, 2.75) is 31.6 Å². The van der Waals surface area contributed by atoms with Gasteiger partial charge in [0.25, 0.3) is 0 Å². The van der Waals surface area contributed by atoms with E-state index in [4.69, 9.17) is 9.47 Å². The highest BCUT2D eigenvalue weighted by Crippen LogP contribution is 2.35. The van der Waals surface area contributed by atoms with Crippen LogP contribution in [0.1, 0.15) is 24.1 Å². The number of pyridine rings is 1. The summed E-state index contributed by atoms with van der Waals surface area (Å²) in [5.74, 6) is -1.05. The molecule has 1 fully saturated rings. The summed E-state index contributed by atoms with van der Waals surface area (Å²) in [6.07, 6.45) is -3.00. The highest BCUT2D eigenvalue weighted by molar-refractivity contribution is 5.82. The summed E-state index contributed by atoms with van der Waals surface area (Å²) in [6, 6.07) is 5.76. The Morgan fingerprint density at radius 1 is 1.26 bits per heavy atom. The summed E-state index contributed by atoms with van der Waals surface area (Å²) in [4.78, 5) is 15.7. The smallest absolute Gasteiger partial charge is 0.433 e. The van der Waals surface area contributed by atoms with Gasteiger partial charge in [-0.2, -0.15) is 13.2 Å². The third-order valence-corrected chi connectivity index (χ3v) is 4.79. The number of benzene rings is 1. The number of nitrogens with zero attached hydrogens (tertiary/aromatic N) is 1. The van der Waals surface area contributed by atoms with Crippen LogP contribution in [0.25, 0.3) is 11.1 Å². The molecule has 3 rings (SSSR count). The molecular formula is C21H23F4N3O3. The van der Waals surface area contributed by atoms with E-state index in [1.165, 1.54) is 25.3 Å². The van der Waals surface area contributed by atoms with Crippen LogP contribution in [0.4, 0.5) is 17.6 Å². The van der Waals surface area contributed by atoms with Gasteiger partial charge < -0.3 is 20.1 Å². The standard InChI is InChI=1S/C21H23F4N3O3/c1-30-7-8-31-20-16(4-5-18(28-20)21(23,24)25)14-9-13(10-15(22)11-14)12-27-19(29)17-3-2-6-26-17/h4-5,9-11,17,26H,2-3,6-8,12H2,1H3,(H,27,29). The maximum atomic E-state index is 14.3. The van der Waals surface area contributed by atoms with Crippen molar-refractivity contribution >= 4 is 5.91 Å². The van der Waals surface area contributed by atoms with Gasteiger partial charge in [-0.05, 0) is 60.8 Å². The van der Waals surface area contributed by atoms with Crippen molar-refractivity contribution < 1.29 is 31.8 Å². The Balaban J connectivity index is 1.85. The minimum absolute atomic E-state index is 0.0234. The molecule has 0 saturated carbocycles. The van der Waals surface area contributed by atoms with E-state index in [1.807, 2.05) is 0 Å². The molecule has 6 nitrogen and oxygen atoms in total. The molecule has 31 heavy (non-hydrogen) atoms.